The van der Waals surface area contributed by atoms with Gasteiger partial charge in [-0.25, -0.2) is 0 Å². The molecule has 2 aliphatic rings. The molecule has 0 aromatic heterocycles. The summed E-state index contributed by atoms with van der Waals surface area (Å²) in [5, 5.41) is 0.714. The van der Waals surface area contributed by atoms with Gasteiger partial charge in [-0.2, -0.15) is 0 Å². The zero-order valence-corrected chi connectivity index (χ0v) is 16.1. The molecule has 1 saturated carbocycles. The predicted molar refractivity (Wildman–Crippen MR) is 107 cm³/mol. The van der Waals surface area contributed by atoms with E-state index in [0.717, 1.165) is 42.8 Å². The van der Waals surface area contributed by atoms with Crippen LogP contribution in [0.1, 0.15) is 24.0 Å². The van der Waals surface area contributed by atoms with Crippen molar-refractivity contribution >= 4 is 17.5 Å². The van der Waals surface area contributed by atoms with Crippen molar-refractivity contribution in [2.45, 2.75) is 31.9 Å². The standard InChI is InChI=1S/C22H25ClN2O2/c23-18-7-4-15(5-8-18)14-27-19-3-1-2-16(10-19)11-22(26)25-12-17-6-9-21(24)20(17)13-25/h1-5,7-8,10,17,20-21H,6,9,11-14,24H2. The molecule has 2 aromatic carbocycles. The maximum absolute atomic E-state index is 12.7. The van der Waals surface area contributed by atoms with Crippen molar-refractivity contribution in [2.24, 2.45) is 17.6 Å². The van der Waals surface area contributed by atoms with E-state index in [0.29, 0.717) is 29.9 Å². The van der Waals surface area contributed by atoms with Crippen molar-refractivity contribution < 1.29 is 9.53 Å². The number of halogens is 1. The third-order valence-corrected chi connectivity index (χ3v) is 6.09. The van der Waals surface area contributed by atoms with E-state index in [1.807, 2.05) is 53.4 Å². The number of amides is 1. The molecule has 3 unspecified atom stereocenters. The Kier molecular flexibility index (Phi) is 5.37. The molecule has 5 heteroatoms. The summed E-state index contributed by atoms with van der Waals surface area (Å²) in [6, 6.07) is 15.7. The highest BCUT2D eigenvalue weighted by molar-refractivity contribution is 6.30. The Hall–Kier alpha value is -2.04. The third-order valence-electron chi connectivity index (χ3n) is 5.84. The number of nitrogens with two attached hydrogens (primary N) is 1. The number of hydrogen-bond acceptors (Lipinski definition) is 3. The first kappa shape index (κ1) is 18.3. The zero-order chi connectivity index (χ0) is 18.8. The highest BCUT2D eigenvalue weighted by Gasteiger charge is 2.42. The van der Waals surface area contributed by atoms with Crippen LogP contribution in [0, 0.1) is 11.8 Å². The predicted octanol–water partition coefficient (Wildman–Crippen LogP) is 3.66. The van der Waals surface area contributed by atoms with Crippen molar-refractivity contribution in [1.82, 2.24) is 4.90 Å². The monoisotopic (exact) mass is 384 g/mol. The summed E-state index contributed by atoms with van der Waals surface area (Å²) in [5.41, 5.74) is 8.22. The molecule has 1 aliphatic carbocycles. The number of nitrogens with zero attached hydrogens (tertiary/aromatic N) is 1. The average molecular weight is 385 g/mol. The van der Waals surface area contributed by atoms with Crippen LogP contribution in [0.3, 0.4) is 0 Å². The Balaban J connectivity index is 1.33. The first-order valence-electron chi connectivity index (χ1n) is 9.58. The summed E-state index contributed by atoms with van der Waals surface area (Å²) in [6.45, 7) is 2.16. The molecular weight excluding hydrogens is 360 g/mol. The summed E-state index contributed by atoms with van der Waals surface area (Å²) in [4.78, 5) is 14.7. The van der Waals surface area contributed by atoms with Gasteiger partial charge in [0.25, 0.3) is 0 Å². The first-order valence-corrected chi connectivity index (χ1v) is 9.96. The molecule has 4 rings (SSSR count). The van der Waals surface area contributed by atoms with Gasteiger partial charge in [-0.05, 0) is 60.1 Å². The molecule has 1 saturated heterocycles. The summed E-state index contributed by atoms with van der Waals surface area (Å²) in [5.74, 6) is 2.04. The van der Waals surface area contributed by atoms with Crippen LogP contribution in [-0.2, 0) is 17.8 Å². The second-order valence-electron chi connectivity index (χ2n) is 7.70. The average Bonchev–Trinajstić information content (AvgIpc) is 3.24. The minimum absolute atomic E-state index is 0.187. The number of fused-ring (bicyclic) bond motifs is 1. The van der Waals surface area contributed by atoms with Gasteiger partial charge in [-0.15, -0.1) is 0 Å². The number of ether oxygens (including phenoxy) is 1. The maximum atomic E-state index is 12.7. The molecule has 0 spiro atoms. The molecule has 0 radical (unpaired) electrons. The normalized spacial score (nSPS) is 24.1. The zero-order valence-electron chi connectivity index (χ0n) is 15.3. The second kappa shape index (κ2) is 7.91. The Morgan fingerprint density at radius 1 is 1.11 bits per heavy atom. The van der Waals surface area contributed by atoms with Crippen LogP contribution in [-0.4, -0.2) is 29.9 Å². The lowest BCUT2D eigenvalue weighted by Crippen LogP contribution is -2.34. The van der Waals surface area contributed by atoms with Gasteiger partial charge < -0.3 is 15.4 Å². The van der Waals surface area contributed by atoms with E-state index in [1.54, 1.807) is 0 Å². The highest BCUT2D eigenvalue weighted by Crippen LogP contribution is 2.37. The van der Waals surface area contributed by atoms with Crippen LogP contribution in [0.4, 0.5) is 0 Å². The Morgan fingerprint density at radius 3 is 2.70 bits per heavy atom. The van der Waals surface area contributed by atoms with E-state index in [2.05, 4.69) is 0 Å². The molecule has 3 atom stereocenters. The van der Waals surface area contributed by atoms with Gasteiger partial charge in [-0.1, -0.05) is 35.9 Å². The van der Waals surface area contributed by atoms with Gasteiger partial charge in [0, 0.05) is 24.2 Å². The van der Waals surface area contributed by atoms with E-state index in [-0.39, 0.29) is 11.9 Å². The van der Waals surface area contributed by atoms with Crippen LogP contribution >= 0.6 is 11.6 Å². The maximum Gasteiger partial charge on any atom is 0.227 e. The summed E-state index contributed by atoms with van der Waals surface area (Å²) >= 11 is 5.91. The number of rotatable bonds is 5. The van der Waals surface area contributed by atoms with Crippen LogP contribution in [0.25, 0.3) is 0 Å². The molecule has 2 fully saturated rings. The summed E-state index contributed by atoms with van der Waals surface area (Å²) in [7, 11) is 0. The number of carbonyl (C=O) groups is 1. The fourth-order valence-corrected chi connectivity index (χ4v) is 4.42. The number of likely N-dealkylation sites (tertiary alicyclic amines) is 1. The van der Waals surface area contributed by atoms with Gasteiger partial charge in [0.1, 0.15) is 12.4 Å². The van der Waals surface area contributed by atoms with Gasteiger partial charge in [0.15, 0.2) is 0 Å². The lowest BCUT2D eigenvalue weighted by atomic mass is 9.98. The molecule has 1 aliphatic heterocycles. The van der Waals surface area contributed by atoms with Crippen molar-refractivity contribution in [2.75, 3.05) is 13.1 Å². The molecule has 2 N–H and O–H groups in total. The van der Waals surface area contributed by atoms with Crippen molar-refractivity contribution in [3.8, 4) is 5.75 Å². The quantitative estimate of drug-likeness (QED) is 0.855. The lowest BCUT2D eigenvalue weighted by molar-refractivity contribution is -0.129. The number of benzene rings is 2. The van der Waals surface area contributed by atoms with Crippen LogP contribution < -0.4 is 10.5 Å². The smallest absolute Gasteiger partial charge is 0.227 e. The van der Waals surface area contributed by atoms with Gasteiger partial charge in [0.05, 0.1) is 6.42 Å². The minimum atomic E-state index is 0.187. The Labute approximate surface area is 165 Å². The molecule has 1 heterocycles. The van der Waals surface area contributed by atoms with Crippen LogP contribution in [0.2, 0.25) is 5.02 Å². The summed E-state index contributed by atoms with van der Waals surface area (Å²) in [6.07, 6.45) is 2.67. The Morgan fingerprint density at radius 2 is 1.93 bits per heavy atom. The van der Waals surface area contributed by atoms with Gasteiger partial charge in [0.2, 0.25) is 5.91 Å². The van der Waals surface area contributed by atoms with Gasteiger partial charge in [-0.3, -0.25) is 4.79 Å². The first-order chi connectivity index (χ1) is 13.1. The summed E-state index contributed by atoms with van der Waals surface area (Å²) < 4.78 is 5.87. The molecule has 2 aromatic rings. The van der Waals surface area contributed by atoms with E-state index < -0.39 is 0 Å². The molecule has 0 bridgehead atoms. The molecular formula is C22H25ClN2O2. The topological polar surface area (TPSA) is 55.6 Å². The Bertz CT molecular complexity index is 808. The van der Waals surface area contributed by atoms with Crippen molar-refractivity contribution in [3.05, 3.63) is 64.7 Å². The second-order valence-corrected chi connectivity index (χ2v) is 8.14. The largest absolute Gasteiger partial charge is 0.489 e. The number of hydrogen-bond donors (Lipinski definition) is 1. The SMILES string of the molecule is NC1CCC2CN(C(=O)Cc3cccc(OCc4ccc(Cl)cc4)c3)CC12. The van der Waals surface area contributed by atoms with E-state index in [1.165, 1.54) is 0 Å². The van der Waals surface area contributed by atoms with E-state index in [4.69, 9.17) is 22.1 Å². The van der Waals surface area contributed by atoms with Crippen LogP contribution in [0.5, 0.6) is 5.75 Å². The van der Waals surface area contributed by atoms with E-state index >= 15 is 0 Å². The minimum Gasteiger partial charge on any atom is -0.489 e. The number of carbonyl (C=O) groups excluding carboxylic acids is 1. The lowest BCUT2D eigenvalue weighted by Gasteiger charge is -2.19. The van der Waals surface area contributed by atoms with Crippen molar-refractivity contribution in [3.63, 3.8) is 0 Å². The van der Waals surface area contributed by atoms with Crippen molar-refractivity contribution in [1.29, 1.82) is 0 Å². The van der Waals surface area contributed by atoms with Gasteiger partial charge >= 0.3 is 0 Å². The molecule has 27 heavy (non-hydrogen) atoms. The van der Waals surface area contributed by atoms with Crippen LogP contribution in [0.15, 0.2) is 48.5 Å². The van der Waals surface area contributed by atoms with E-state index in [9.17, 15) is 4.79 Å². The highest BCUT2D eigenvalue weighted by atomic mass is 35.5. The fourth-order valence-electron chi connectivity index (χ4n) is 4.29. The molecule has 1 amide bonds. The molecule has 4 nitrogen and oxygen atoms in total. The molecule has 142 valence electrons. The fraction of sp³-hybridized carbons (Fsp3) is 0.409. The third kappa shape index (κ3) is 4.28.